The van der Waals surface area contributed by atoms with Gasteiger partial charge < -0.3 is 11.1 Å². The van der Waals surface area contributed by atoms with Gasteiger partial charge in [0.05, 0.1) is 6.54 Å². The highest BCUT2D eigenvalue weighted by Gasteiger charge is 2.25. The van der Waals surface area contributed by atoms with Gasteiger partial charge in [-0.15, -0.1) is 0 Å². The molecular weight excluding hydrogens is 256 g/mol. The first-order chi connectivity index (χ1) is 9.63. The summed E-state index contributed by atoms with van der Waals surface area (Å²) in [5.41, 5.74) is 6.15. The molecule has 2 amide bonds. The van der Waals surface area contributed by atoms with E-state index in [1.165, 1.54) is 0 Å². The summed E-state index contributed by atoms with van der Waals surface area (Å²) in [5, 5.41) is 2.89. The predicted octanol–water partition coefficient (Wildman–Crippen LogP) is -0.105. The fourth-order valence-electron chi connectivity index (χ4n) is 2.48. The highest BCUT2D eigenvalue weighted by molar-refractivity contribution is 5.77. The molecule has 1 saturated heterocycles. The van der Waals surface area contributed by atoms with Crippen molar-refractivity contribution in [1.29, 1.82) is 0 Å². The lowest BCUT2D eigenvalue weighted by molar-refractivity contribution is -0.122. The van der Waals surface area contributed by atoms with E-state index in [0.29, 0.717) is 18.9 Å². The summed E-state index contributed by atoms with van der Waals surface area (Å²) in [4.78, 5) is 28.7. The standard InChI is InChI=1S/C14H20N4O2/c15-13(19)10-18-5-3-11(9-18)6-14(20)17-8-12-2-1-4-16-7-12/h1-2,4,7,11H,3,5-6,8-10H2,(H2,15,19)(H,17,20). The lowest BCUT2D eigenvalue weighted by atomic mass is 10.0. The molecule has 0 saturated carbocycles. The van der Waals surface area contributed by atoms with E-state index in [-0.39, 0.29) is 18.4 Å². The number of amides is 2. The Morgan fingerprint density at radius 1 is 1.50 bits per heavy atom. The monoisotopic (exact) mass is 276 g/mol. The third kappa shape index (κ3) is 4.62. The molecule has 6 heteroatoms. The van der Waals surface area contributed by atoms with Crippen LogP contribution in [0.2, 0.25) is 0 Å². The number of hydrogen-bond acceptors (Lipinski definition) is 4. The fourth-order valence-corrected chi connectivity index (χ4v) is 2.48. The highest BCUT2D eigenvalue weighted by atomic mass is 16.2. The normalized spacial score (nSPS) is 18.9. The van der Waals surface area contributed by atoms with Gasteiger partial charge in [-0.3, -0.25) is 19.5 Å². The van der Waals surface area contributed by atoms with Crippen LogP contribution in [0.5, 0.6) is 0 Å². The molecule has 0 radical (unpaired) electrons. The first-order valence-corrected chi connectivity index (χ1v) is 6.79. The Labute approximate surface area is 118 Å². The SMILES string of the molecule is NC(=O)CN1CCC(CC(=O)NCc2cccnc2)C1. The van der Waals surface area contributed by atoms with Gasteiger partial charge in [0.1, 0.15) is 0 Å². The number of rotatable bonds is 6. The zero-order chi connectivity index (χ0) is 14.4. The number of carbonyl (C=O) groups excluding carboxylic acids is 2. The smallest absolute Gasteiger partial charge is 0.231 e. The highest BCUT2D eigenvalue weighted by Crippen LogP contribution is 2.18. The minimum absolute atomic E-state index is 0.0415. The van der Waals surface area contributed by atoms with Crippen molar-refractivity contribution in [2.75, 3.05) is 19.6 Å². The molecule has 0 spiro atoms. The van der Waals surface area contributed by atoms with Gasteiger partial charge in [-0.05, 0) is 30.5 Å². The number of aromatic nitrogens is 1. The molecule has 1 aliphatic rings. The number of nitrogens with two attached hydrogens (primary N) is 1. The Morgan fingerprint density at radius 3 is 3.05 bits per heavy atom. The van der Waals surface area contributed by atoms with Crippen LogP contribution in [0, 0.1) is 5.92 Å². The molecule has 1 aromatic rings. The summed E-state index contributed by atoms with van der Waals surface area (Å²) in [6.07, 6.45) is 4.88. The maximum atomic E-state index is 11.9. The average molecular weight is 276 g/mol. The minimum Gasteiger partial charge on any atom is -0.369 e. The molecular formula is C14H20N4O2. The van der Waals surface area contributed by atoms with Crippen LogP contribution >= 0.6 is 0 Å². The predicted molar refractivity (Wildman–Crippen MR) is 74.4 cm³/mol. The molecule has 1 fully saturated rings. The van der Waals surface area contributed by atoms with Gasteiger partial charge in [-0.1, -0.05) is 6.07 Å². The molecule has 3 N–H and O–H groups in total. The molecule has 2 rings (SSSR count). The largest absolute Gasteiger partial charge is 0.369 e. The van der Waals surface area contributed by atoms with Crippen molar-refractivity contribution in [3.8, 4) is 0 Å². The average Bonchev–Trinajstić information content (AvgIpc) is 2.84. The molecule has 1 atom stereocenters. The number of primary amides is 1. The van der Waals surface area contributed by atoms with Crippen LogP contribution in [0.3, 0.4) is 0 Å². The first kappa shape index (κ1) is 14.5. The van der Waals surface area contributed by atoms with Gasteiger partial charge in [0.25, 0.3) is 0 Å². The van der Waals surface area contributed by atoms with Crippen molar-refractivity contribution in [3.05, 3.63) is 30.1 Å². The quantitative estimate of drug-likeness (QED) is 0.759. The number of hydrogen-bond donors (Lipinski definition) is 2. The van der Waals surface area contributed by atoms with Crippen molar-refractivity contribution < 1.29 is 9.59 Å². The third-order valence-corrected chi connectivity index (χ3v) is 3.44. The van der Waals surface area contributed by atoms with Gasteiger partial charge >= 0.3 is 0 Å². The maximum Gasteiger partial charge on any atom is 0.231 e. The molecule has 0 aliphatic carbocycles. The molecule has 0 bridgehead atoms. The summed E-state index contributed by atoms with van der Waals surface area (Å²) in [6, 6.07) is 3.78. The molecule has 6 nitrogen and oxygen atoms in total. The van der Waals surface area contributed by atoms with E-state index in [4.69, 9.17) is 5.73 Å². The number of carbonyl (C=O) groups is 2. The Kier molecular flexibility index (Phi) is 5.06. The van der Waals surface area contributed by atoms with E-state index >= 15 is 0 Å². The van der Waals surface area contributed by atoms with Crippen molar-refractivity contribution in [2.24, 2.45) is 11.7 Å². The summed E-state index contributed by atoms with van der Waals surface area (Å²) in [5.74, 6) is 0.0368. The van der Waals surface area contributed by atoms with E-state index in [1.807, 2.05) is 17.0 Å². The van der Waals surface area contributed by atoms with Crippen LogP contribution in [-0.4, -0.2) is 41.3 Å². The maximum absolute atomic E-state index is 11.9. The van der Waals surface area contributed by atoms with Crippen LogP contribution < -0.4 is 11.1 Å². The summed E-state index contributed by atoms with van der Waals surface area (Å²) in [6.45, 7) is 2.39. The van der Waals surface area contributed by atoms with E-state index in [0.717, 1.165) is 25.1 Å². The van der Waals surface area contributed by atoms with Crippen molar-refractivity contribution in [1.82, 2.24) is 15.2 Å². The summed E-state index contributed by atoms with van der Waals surface area (Å²) in [7, 11) is 0. The second-order valence-corrected chi connectivity index (χ2v) is 5.20. The lowest BCUT2D eigenvalue weighted by Crippen LogP contribution is -2.32. The van der Waals surface area contributed by atoms with E-state index in [1.54, 1.807) is 12.4 Å². The van der Waals surface area contributed by atoms with Crippen LogP contribution in [0.15, 0.2) is 24.5 Å². The molecule has 1 aromatic heterocycles. The van der Waals surface area contributed by atoms with Gasteiger partial charge in [0, 0.05) is 31.9 Å². The Hall–Kier alpha value is -1.95. The Bertz CT molecular complexity index is 464. The minimum atomic E-state index is -0.313. The molecule has 20 heavy (non-hydrogen) atoms. The molecule has 108 valence electrons. The van der Waals surface area contributed by atoms with Crippen molar-refractivity contribution in [3.63, 3.8) is 0 Å². The third-order valence-electron chi connectivity index (χ3n) is 3.44. The second kappa shape index (κ2) is 7.00. The lowest BCUT2D eigenvalue weighted by Gasteiger charge is -2.13. The number of nitrogens with one attached hydrogen (secondary N) is 1. The molecule has 1 unspecified atom stereocenters. The van der Waals surface area contributed by atoms with Crippen molar-refractivity contribution >= 4 is 11.8 Å². The number of pyridine rings is 1. The Balaban J connectivity index is 1.69. The van der Waals surface area contributed by atoms with Crippen LogP contribution in [-0.2, 0) is 16.1 Å². The first-order valence-electron chi connectivity index (χ1n) is 6.79. The number of likely N-dealkylation sites (tertiary alicyclic amines) is 1. The zero-order valence-electron chi connectivity index (χ0n) is 11.4. The van der Waals surface area contributed by atoms with Crippen LogP contribution in [0.4, 0.5) is 0 Å². The van der Waals surface area contributed by atoms with Gasteiger partial charge in [-0.25, -0.2) is 0 Å². The fraction of sp³-hybridized carbons (Fsp3) is 0.500. The molecule has 2 heterocycles. The van der Waals surface area contributed by atoms with Gasteiger partial charge in [-0.2, -0.15) is 0 Å². The zero-order valence-corrected chi connectivity index (χ0v) is 11.4. The van der Waals surface area contributed by atoms with E-state index in [2.05, 4.69) is 10.3 Å². The molecule has 0 aromatic carbocycles. The summed E-state index contributed by atoms with van der Waals surface area (Å²) < 4.78 is 0. The Morgan fingerprint density at radius 2 is 2.35 bits per heavy atom. The summed E-state index contributed by atoms with van der Waals surface area (Å²) >= 11 is 0. The van der Waals surface area contributed by atoms with Gasteiger partial charge in [0.2, 0.25) is 11.8 Å². The topological polar surface area (TPSA) is 88.3 Å². The second-order valence-electron chi connectivity index (χ2n) is 5.20. The van der Waals surface area contributed by atoms with Crippen molar-refractivity contribution in [2.45, 2.75) is 19.4 Å². The molecule has 1 aliphatic heterocycles. The van der Waals surface area contributed by atoms with E-state index in [9.17, 15) is 9.59 Å². The van der Waals surface area contributed by atoms with Crippen LogP contribution in [0.25, 0.3) is 0 Å². The van der Waals surface area contributed by atoms with E-state index < -0.39 is 0 Å². The van der Waals surface area contributed by atoms with Gasteiger partial charge in [0.15, 0.2) is 0 Å². The van der Waals surface area contributed by atoms with Crippen LogP contribution in [0.1, 0.15) is 18.4 Å². The number of nitrogens with zero attached hydrogens (tertiary/aromatic N) is 2.